The lowest BCUT2D eigenvalue weighted by Gasteiger charge is -2.36. The molecule has 0 bridgehead atoms. The van der Waals surface area contributed by atoms with Gasteiger partial charge in [-0.3, -0.25) is 4.90 Å². The molecule has 0 atom stereocenters. The lowest BCUT2D eigenvalue weighted by molar-refractivity contribution is -0.138. The molecule has 6 nitrogen and oxygen atoms in total. The third-order valence-electron chi connectivity index (χ3n) is 7.02. The maximum Gasteiger partial charge on any atom is 0.335 e. The van der Waals surface area contributed by atoms with Crippen LogP contribution in [0.3, 0.4) is 0 Å². The Kier molecular flexibility index (Phi) is 8.94. The zero-order valence-corrected chi connectivity index (χ0v) is 22.4. The van der Waals surface area contributed by atoms with Crippen molar-refractivity contribution in [3.8, 4) is 0 Å². The number of fused-ring (bicyclic) bond motifs is 1. The molecule has 3 heterocycles. The van der Waals surface area contributed by atoms with Gasteiger partial charge >= 0.3 is 5.97 Å². The molecule has 3 aliphatic heterocycles. The molecule has 1 aromatic carbocycles. The fourth-order valence-electron chi connectivity index (χ4n) is 4.95. The van der Waals surface area contributed by atoms with E-state index in [1.165, 1.54) is 44.1 Å². The minimum atomic E-state index is -0.289. The minimum Gasteiger partial charge on any atom is -0.463 e. The Morgan fingerprint density at radius 3 is 2.67 bits per heavy atom. The summed E-state index contributed by atoms with van der Waals surface area (Å²) in [5, 5.41) is 4.26. The number of benzene rings is 1. The fraction of sp³-hybridized carbons (Fsp3) is 0.483. The number of aliphatic imine (C=N–C) groups is 2. The van der Waals surface area contributed by atoms with E-state index in [2.05, 4.69) is 46.2 Å². The predicted molar refractivity (Wildman–Crippen MR) is 149 cm³/mol. The second kappa shape index (κ2) is 12.1. The first-order valence-electron chi connectivity index (χ1n) is 12.9. The lowest BCUT2D eigenvalue weighted by Crippen LogP contribution is -2.44. The molecule has 192 valence electrons. The number of esters is 1. The number of allylic oxidation sites excluding steroid dienone is 2. The molecule has 0 aromatic heterocycles. The number of hydrogen-bond donors (Lipinski definition) is 1. The van der Waals surface area contributed by atoms with Gasteiger partial charge in [-0.2, -0.15) is 0 Å². The molecule has 1 aliphatic carbocycles. The summed E-state index contributed by atoms with van der Waals surface area (Å²) in [6.45, 7) is 12.7. The number of carbonyl (C=O) groups excluding carboxylic acids is 1. The Balaban J connectivity index is 0.000000187. The van der Waals surface area contributed by atoms with Crippen LogP contribution in [-0.4, -0.2) is 62.3 Å². The van der Waals surface area contributed by atoms with Gasteiger partial charge in [0.25, 0.3) is 0 Å². The fourth-order valence-corrected chi connectivity index (χ4v) is 5.08. The molecule has 0 saturated carbocycles. The van der Waals surface area contributed by atoms with E-state index >= 15 is 0 Å². The first-order valence-corrected chi connectivity index (χ1v) is 13.3. The maximum absolute atomic E-state index is 11.4. The molecule has 0 radical (unpaired) electrons. The highest BCUT2D eigenvalue weighted by Crippen LogP contribution is 2.43. The second-order valence-corrected chi connectivity index (χ2v) is 10.9. The molecule has 1 aromatic rings. The van der Waals surface area contributed by atoms with Crippen LogP contribution >= 0.6 is 11.6 Å². The zero-order chi connectivity index (χ0) is 25.5. The van der Waals surface area contributed by atoms with Crippen LogP contribution in [0.2, 0.25) is 5.02 Å². The molecule has 1 saturated heterocycles. The average Bonchev–Trinajstić information content (AvgIpc) is 3.35. The highest BCUT2D eigenvalue weighted by atomic mass is 35.5. The minimum absolute atomic E-state index is 0.289. The summed E-state index contributed by atoms with van der Waals surface area (Å²) in [6, 6.07) is 8.43. The van der Waals surface area contributed by atoms with Gasteiger partial charge in [0.05, 0.1) is 12.2 Å². The van der Waals surface area contributed by atoms with Gasteiger partial charge in [0.1, 0.15) is 0 Å². The predicted octanol–water partition coefficient (Wildman–Crippen LogP) is 5.46. The topological polar surface area (TPSA) is 66.3 Å². The summed E-state index contributed by atoms with van der Waals surface area (Å²) < 4.78 is 4.89. The highest BCUT2D eigenvalue weighted by molar-refractivity contribution is 6.30. The summed E-state index contributed by atoms with van der Waals surface area (Å²) in [5.74, 6) is 0.418. The Labute approximate surface area is 219 Å². The SMILES string of the molecule is CC1(C)CCC(CN2CCNCC2)=C(c2ccc(Cl)cc2)C1.CCOC(=O)C1=CN=C2N=CC=C2C1. The van der Waals surface area contributed by atoms with Crippen molar-refractivity contribution in [1.29, 1.82) is 0 Å². The highest BCUT2D eigenvalue weighted by Gasteiger charge is 2.28. The second-order valence-electron chi connectivity index (χ2n) is 10.4. The number of amidine groups is 1. The number of carbonyl (C=O) groups is 1. The van der Waals surface area contributed by atoms with Crippen molar-refractivity contribution >= 4 is 35.2 Å². The van der Waals surface area contributed by atoms with Crippen LogP contribution in [0.1, 0.15) is 52.0 Å². The standard InChI is InChI=1S/C19H27ClN2.C10H10N2O2/c1-19(2)8-7-16(14-22-11-9-21-10-12-22)18(13-19)15-3-5-17(20)6-4-15;1-2-14-10(13)8-5-7-3-4-11-9(7)12-6-8/h3-6,21H,7-14H2,1-2H3;3-4,6H,2,5H2,1H3. The molecule has 1 fully saturated rings. The van der Waals surface area contributed by atoms with Gasteiger partial charge in [-0.1, -0.05) is 43.2 Å². The molecular formula is C29H37ClN4O2. The lowest BCUT2D eigenvalue weighted by atomic mass is 9.72. The molecule has 0 unspecified atom stereocenters. The average molecular weight is 509 g/mol. The van der Waals surface area contributed by atoms with Crippen molar-refractivity contribution in [3.05, 3.63) is 63.8 Å². The van der Waals surface area contributed by atoms with Gasteiger partial charge in [-0.25, -0.2) is 14.8 Å². The largest absolute Gasteiger partial charge is 0.463 e. The number of halogens is 1. The van der Waals surface area contributed by atoms with Crippen LogP contribution in [-0.2, 0) is 9.53 Å². The van der Waals surface area contributed by atoms with Crippen molar-refractivity contribution in [3.63, 3.8) is 0 Å². The van der Waals surface area contributed by atoms with Crippen LogP contribution in [0, 0.1) is 5.41 Å². The molecule has 5 rings (SSSR count). The van der Waals surface area contributed by atoms with Gasteiger partial charge in [0.15, 0.2) is 5.84 Å². The third kappa shape index (κ3) is 7.02. The Bertz CT molecular complexity index is 1110. The van der Waals surface area contributed by atoms with E-state index < -0.39 is 0 Å². The monoisotopic (exact) mass is 508 g/mol. The first-order chi connectivity index (χ1) is 17.3. The number of ether oxygens (including phenoxy) is 1. The van der Waals surface area contributed by atoms with E-state index in [1.807, 2.05) is 18.2 Å². The molecule has 36 heavy (non-hydrogen) atoms. The molecule has 4 aliphatic rings. The van der Waals surface area contributed by atoms with Gasteiger partial charge in [-0.15, -0.1) is 0 Å². The van der Waals surface area contributed by atoms with Crippen molar-refractivity contribution in [1.82, 2.24) is 10.2 Å². The zero-order valence-electron chi connectivity index (χ0n) is 21.6. The molecular weight excluding hydrogens is 472 g/mol. The summed E-state index contributed by atoms with van der Waals surface area (Å²) >= 11 is 6.07. The van der Waals surface area contributed by atoms with Crippen LogP contribution in [0.15, 0.2) is 63.2 Å². The van der Waals surface area contributed by atoms with E-state index in [-0.39, 0.29) is 5.97 Å². The van der Waals surface area contributed by atoms with E-state index in [9.17, 15) is 4.79 Å². The van der Waals surface area contributed by atoms with Crippen LogP contribution < -0.4 is 5.32 Å². The van der Waals surface area contributed by atoms with Gasteiger partial charge in [0.2, 0.25) is 0 Å². The Morgan fingerprint density at radius 2 is 1.94 bits per heavy atom. The summed E-state index contributed by atoms with van der Waals surface area (Å²) in [5.41, 5.74) is 6.54. The number of hydrogen-bond acceptors (Lipinski definition) is 6. The van der Waals surface area contributed by atoms with Crippen molar-refractivity contribution in [2.24, 2.45) is 15.4 Å². The van der Waals surface area contributed by atoms with E-state index in [0.717, 1.165) is 30.2 Å². The quantitative estimate of drug-likeness (QED) is 0.537. The maximum atomic E-state index is 11.4. The van der Waals surface area contributed by atoms with Crippen molar-refractivity contribution in [2.75, 3.05) is 39.3 Å². The van der Waals surface area contributed by atoms with Crippen molar-refractivity contribution in [2.45, 2.75) is 46.5 Å². The summed E-state index contributed by atoms with van der Waals surface area (Å²) in [7, 11) is 0. The van der Waals surface area contributed by atoms with Gasteiger partial charge in [-0.05, 0) is 60.9 Å². The number of nitrogens with zero attached hydrogens (tertiary/aromatic N) is 3. The van der Waals surface area contributed by atoms with Crippen LogP contribution in [0.4, 0.5) is 0 Å². The van der Waals surface area contributed by atoms with E-state index in [1.54, 1.807) is 24.3 Å². The Hall–Kier alpha value is -2.54. The normalized spacial score (nSPS) is 21.1. The number of rotatable bonds is 5. The number of piperazine rings is 1. The molecule has 1 N–H and O–H groups in total. The van der Waals surface area contributed by atoms with E-state index in [0.29, 0.717) is 29.9 Å². The number of nitrogens with one attached hydrogen (secondary N) is 1. The third-order valence-corrected chi connectivity index (χ3v) is 7.28. The molecule has 7 heteroatoms. The summed E-state index contributed by atoms with van der Waals surface area (Å²) in [4.78, 5) is 22.1. The van der Waals surface area contributed by atoms with Crippen LogP contribution in [0.5, 0.6) is 0 Å². The smallest absolute Gasteiger partial charge is 0.335 e. The first kappa shape index (κ1) is 26.5. The van der Waals surface area contributed by atoms with Gasteiger partial charge < -0.3 is 10.1 Å². The van der Waals surface area contributed by atoms with Crippen molar-refractivity contribution < 1.29 is 9.53 Å². The van der Waals surface area contributed by atoms with Gasteiger partial charge in [0, 0.05) is 62.2 Å². The van der Waals surface area contributed by atoms with E-state index in [4.69, 9.17) is 16.3 Å². The molecule has 0 spiro atoms. The summed E-state index contributed by atoms with van der Waals surface area (Å²) in [6.07, 6.45) is 9.36. The molecule has 0 amide bonds. The van der Waals surface area contributed by atoms with Crippen LogP contribution in [0.25, 0.3) is 5.57 Å². The Morgan fingerprint density at radius 1 is 1.19 bits per heavy atom.